The summed E-state index contributed by atoms with van der Waals surface area (Å²) in [5.74, 6) is -0.424. The zero-order valence-corrected chi connectivity index (χ0v) is 18.7. The van der Waals surface area contributed by atoms with Gasteiger partial charge in [-0.15, -0.1) is 11.6 Å². The molecule has 4 aliphatic heterocycles. The largest absolute Gasteiger partial charge is 0.390 e. The van der Waals surface area contributed by atoms with E-state index in [1.165, 1.54) is 0 Å². The molecule has 0 spiro atoms. The molecule has 10 nitrogen and oxygen atoms in total. The van der Waals surface area contributed by atoms with Crippen LogP contribution in [0.1, 0.15) is 12.8 Å². The number of piperidine rings is 2. The van der Waals surface area contributed by atoms with Crippen LogP contribution in [-0.4, -0.2) is 121 Å². The highest BCUT2D eigenvalue weighted by molar-refractivity contribution is 6.21. The molecule has 0 aliphatic carbocycles. The van der Waals surface area contributed by atoms with E-state index in [4.69, 9.17) is 17.3 Å². The van der Waals surface area contributed by atoms with Gasteiger partial charge < -0.3 is 26.4 Å². The number of carbonyl (C=O) groups excluding carboxylic acids is 1. The fraction of sp³-hybridized carbons (Fsp3) is 0.947. The van der Waals surface area contributed by atoms with Crippen LogP contribution in [0.25, 0.3) is 0 Å². The molecule has 4 saturated heterocycles. The summed E-state index contributed by atoms with van der Waals surface area (Å²) >= 11 is 6.24. The minimum absolute atomic E-state index is 0.00814. The second-order valence-corrected chi connectivity index (χ2v) is 9.96. The van der Waals surface area contributed by atoms with Crippen LogP contribution in [0.3, 0.4) is 0 Å². The topological polar surface area (TPSA) is 121 Å². The van der Waals surface area contributed by atoms with Crippen LogP contribution in [0.15, 0.2) is 0 Å². The van der Waals surface area contributed by atoms with Gasteiger partial charge in [-0.25, -0.2) is 10.4 Å². The molecule has 6 unspecified atom stereocenters. The monoisotopic (exact) mass is 444 g/mol. The number of hydrazine groups is 1. The number of hydrogen-bond donors (Lipinski definition) is 6. The van der Waals surface area contributed by atoms with Crippen molar-refractivity contribution in [1.82, 2.24) is 36.2 Å². The van der Waals surface area contributed by atoms with Gasteiger partial charge >= 0.3 is 0 Å². The summed E-state index contributed by atoms with van der Waals surface area (Å²) in [6, 6.07) is 0.383. The number of alkyl halides is 1. The van der Waals surface area contributed by atoms with Crippen molar-refractivity contribution in [3.63, 3.8) is 0 Å². The molecule has 0 bridgehead atoms. The quantitative estimate of drug-likeness (QED) is 0.253. The molecule has 172 valence electrons. The van der Waals surface area contributed by atoms with Gasteiger partial charge in [0.25, 0.3) is 0 Å². The molecule has 11 heteroatoms. The lowest BCUT2D eigenvalue weighted by molar-refractivity contribution is -0.128. The predicted octanol–water partition coefficient (Wildman–Crippen LogP) is -2.91. The highest BCUT2D eigenvalue weighted by Gasteiger charge is 2.47. The van der Waals surface area contributed by atoms with Crippen LogP contribution in [0.4, 0.5) is 0 Å². The molecule has 30 heavy (non-hydrogen) atoms. The summed E-state index contributed by atoms with van der Waals surface area (Å²) in [6.45, 7) is 4.52. The third-order valence-corrected chi connectivity index (χ3v) is 7.40. The molecule has 4 aliphatic rings. The van der Waals surface area contributed by atoms with E-state index in [2.05, 4.69) is 31.2 Å². The zero-order chi connectivity index (χ0) is 21.4. The Balaban J connectivity index is 1.39. The van der Waals surface area contributed by atoms with E-state index in [1.807, 2.05) is 19.1 Å². The standard InChI is InChI=1S/C19H37ClN8O2/c1-26(2)14-4-6-27(10-15(14)29)13-3-5-22-8-12(13)24-19(30)16-17(21)25-28-9-11(20)7-23-18(16)28/h11-18,22-23,25,29H,3-10,21H2,1-2H3,(H,24,30)/t11?,12?,13?,14-,15-,16?,17?,18?/m0/s1. The molecule has 0 aromatic carbocycles. The molecule has 0 aromatic heterocycles. The molecule has 0 saturated carbocycles. The number of amides is 1. The van der Waals surface area contributed by atoms with Crippen molar-refractivity contribution in [2.24, 2.45) is 11.7 Å². The molecule has 0 aromatic rings. The fourth-order valence-corrected chi connectivity index (χ4v) is 5.77. The molecular formula is C19H37ClN8O2. The first-order valence-electron chi connectivity index (χ1n) is 11.1. The molecule has 4 fully saturated rings. The minimum atomic E-state index is -0.447. The van der Waals surface area contributed by atoms with E-state index in [1.54, 1.807) is 0 Å². The van der Waals surface area contributed by atoms with Gasteiger partial charge in [0, 0.05) is 44.8 Å². The number of nitrogens with two attached hydrogens (primary N) is 1. The Morgan fingerprint density at radius 2 is 2.07 bits per heavy atom. The number of aliphatic hydroxyl groups excluding tert-OH is 1. The Morgan fingerprint density at radius 1 is 1.27 bits per heavy atom. The number of likely N-dealkylation sites (N-methyl/N-ethyl adjacent to an activating group) is 1. The summed E-state index contributed by atoms with van der Waals surface area (Å²) in [6.07, 6.45) is 0.897. The Bertz CT molecular complexity index is 613. The van der Waals surface area contributed by atoms with E-state index in [0.717, 1.165) is 32.5 Å². The third-order valence-electron chi connectivity index (χ3n) is 7.11. The van der Waals surface area contributed by atoms with Gasteiger partial charge in [-0.05, 0) is 33.5 Å². The van der Waals surface area contributed by atoms with Gasteiger partial charge in [-0.3, -0.25) is 15.0 Å². The van der Waals surface area contributed by atoms with Crippen molar-refractivity contribution in [1.29, 1.82) is 0 Å². The first-order valence-corrected chi connectivity index (χ1v) is 11.5. The minimum Gasteiger partial charge on any atom is -0.390 e. The maximum Gasteiger partial charge on any atom is 0.229 e. The van der Waals surface area contributed by atoms with E-state index < -0.39 is 6.17 Å². The number of halogens is 1. The van der Waals surface area contributed by atoms with Crippen LogP contribution in [0.5, 0.6) is 0 Å². The molecule has 7 N–H and O–H groups in total. The Labute approximate surface area is 183 Å². The van der Waals surface area contributed by atoms with Crippen molar-refractivity contribution in [2.75, 3.05) is 53.4 Å². The fourth-order valence-electron chi connectivity index (χ4n) is 5.53. The summed E-state index contributed by atoms with van der Waals surface area (Å²) in [5.41, 5.74) is 9.46. The van der Waals surface area contributed by atoms with Gasteiger partial charge in [-0.1, -0.05) is 0 Å². The maximum atomic E-state index is 13.3. The van der Waals surface area contributed by atoms with E-state index in [0.29, 0.717) is 19.6 Å². The predicted molar refractivity (Wildman–Crippen MR) is 116 cm³/mol. The zero-order valence-electron chi connectivity index (χ0n) is 17.9. The highest BCUT2D eigenvalue weighted by Crippen LogP contribution is 2.25. The Hall–Kier alpha value is -0.560. The van der Waals surface area contributed by atoms with Crippen molar-refractivity contribution in [3.05, 3.63) is 0 Å². The third kappa shape index (κ3) is 4.62. The number of fused-ring (bicyclic) bond motifs is 1. The molecule has 8 atom stereocenters. The smallest absolute Gasteiger partial charge is 0.229 e. The molecule has 1 amide bonds. The summed E-state index contributed by atoms with van der Waals surface area (Å²) in [5, 5.41) is 22.6. The number of aliphatic hydroxyl groups is 1. The first-order chi connectivity index (χ1) is 14.3. The average molecular weight is 445 g/mol. The van der Waals surface area contributed by atoms with Gasteiger partial charge in [0.15, 0.2) is 0 Å². The van der Waals surface area contributed by atoms with Gasteiger partial charge in [0.05, 0.1) is 35.8 Å². The van der Waals surface area contributed by atoms with Gasteiger partial charge in [0.1, 0.15) is 0 Å². The Kier molecular flexibility index (Phi) is 7.18. The van der Waals surface area contributed by atoms with Crippen LogP contribution in [-0.2, 0) is 4.79 Å². The second kappa shape index (κ2) is 9.51. The maximum absolute atomic E-state index is 13.3. The van der Waals surface area contributed by atoms with Crippen LogP contribution >= 0.6 is 11.6 Å². The lowest BCUT2D eigenvalue weighted by atomic mass is 9.92. The molecule has 4 heterocycles. The molecular weight excluding hydrogens is 408 g/mol. The van der Waals surface area contributed by atoms with Crippen LogP contribution < -0.4 is 27.1 Å². The molecule has 4 rings (SSSR count). The van der Waals surface area contributed by atoms with E-state index >= 15 is 0 Å². The lowest BCUT2D eigenvalue weighted by Gasteiger charge is -2.46. The summed E-state index contributed by atoms with van der Waals surface area (Å²) in [4.78, 5) is 17.7. The molecule has 0 radical (unpaired) electrons. The summed E-state index contributed by atoms with van der Waals surface area (Å²) < 4.78 is 0. The summed E-state index contributed by atoms with van der Waals surface area (Å²) in [7, 11) is 4.04. The van der Waals surface area contributed by atoms with Crippen molar-refractivity contribution in [3.8, 4) is 0 Å². The first kappa shape index (κ1) is 22.6. The number of carbonyl (C=O) groups is 1. The number of β-amino-alcohol motifs (C(OH)–C–C–N with tert-alkyl or cyclic N) is 1. The number of likely N-dealkylation sites (tertiary alicyclic amines) is 1. The average Bonchev–Trinajstić information content (AvgIpc) is 3.02. The van der Waals surface area contributed by atoms with Crippen LogP contribution in [0.2, 0.25) is 0 Å². The number of nitrogens with zero attached hydrogens (tertiary/aromatic N) is 3. The van der Waals surface area contributed by atoms with Crippen molar-refractivity contribution < 1.29 is 9.90 Å². The van der Waals surface area contributed by atoms with Crippen molar-refractivity contribution >= 4 is 17.5 Å². The van der Waals surface area contributed by atoms with E-state index in [9.17, 15) is 9.90 Å². The number of rotatable bonds is 4. The van der Waals surface area contributed by atoms with Gasteiger partial charge in [-0.2, -0.15) is 0 Å². The second-order valence-electron chi connectivity index (χ2n) is 9.34. The SMILES string of the molecule is CN(C)[C@H]1CCN(C2CCNCC2NC(=O)C2C(N)NN3CC(Cl)CNC23)C[C@@H]1O. The van der Waals surface area contributed by atoms with Gasteiger partial charge in [0.2, 0.25) is 5.91 Å². The van der Waals surface area contributed by atoms with E-state index in [-0.39, 0.29) is 47.6 Å². The normalized spacial score (nSPS) is 43.5. The Morgan fingerprint density at radius 3 is 2.80 bits per heavy atom. The number of hydrogen-bond acceptors (Lipinski definition) is 9. The number of nitrogens with one attached hydrogen (secondary N) is 4. The highest BCUT2D eigenvalue weighted by atomic mass is 35.5. The van der Waals surface area contributed by atoms with Crippen LogP contribution in [0, 0.1) is 5.92 Å². The van der Waals surface area contributed by atoms with Crippen molar-refractivity contribution in [2.45, 2.75) is 54.8 Å². The lowest BCUT2D eigenvalue weighted by Crippen LogP contribution is -2.65.